The first-order valence-electron chi connectivity index (χ1n) is 6.84. The maximum atomic E-state index is 12.4. The summed E-state index contributed by atoms with van der Waals surface area (Å²) in [6, 6.07) is 15.2. The molecule has 7 heteroatoms. The maximum absolute atomic E-state index is 12.4. The monoisotopic (exact) mass is 346 g/mol. The molecular weight excluding hydrogens is 332 g/mol. The molecular formula is C16H14N2O3S2. The van der Waals surface area contributed by atoms with Crippen molar-refractivity contribution in [2.45, 2.75) is 5.03 Å². The van der Waals surface area contributed by atoms with Gasteiger partial charge in [-0.05, 0) is 36.4 Å². The van der Waals surface area contributed by atoms with Gasteiger partial charge in [0.1, 0.15) is 0 Å². The quantitative estimate of drug-likeness (QED) is 0.491. The van der Waals surface area contributed by atoms with Gasteiger partial charge in [-0.3, -0.25) is 9.52 Å². The summed E-state index contributed by atoms with van der Waals surface area (Å²) in [6.45, 7) is 0. The molecule has 0 bridgehead atoms. The number of rotatable bonds is 5. The van der Waals surface area contributed by atoms with Crippen molar-refractivity contribution in [3.05, 3.63) is 60.2 Å². The Morgan fingerprint density at radius 3 is 2.43 bits per heavy atom. The fraction of sp³-hybridized carbons (Fsp3) is 0.0625. The molecule has 1 aromatic heterocycles. The van der Waals surface area contributed by atoms with E-state index in [4.69, 9.17) is 0 Å². The molecule has 3 aromatic rings. The van der Waals surface area contributed by atoms with E-state index in [-0.39, 0.29) is 16.6 Å². The predicted molar refractivity (Wildman–Crippen MR) is 93.7 cm³/mol. The number of aromatic amines is 1. The van der Waals surface area contributed by atoms with Crippen LogP contribution in [0.4, 0.5) is 5.69 Å². The first-order chi connectivity index (χ1) is 11.0. The standard InChI is InChI=1S/C16H14N2O3S2/c19-15(10-22)11-5-7-13(8-6-11)18-23(20,21)16-9-12-3-1-2-4-14(12)17-16/h1-9,17-18,22H,10H2. The molecule has 0 fully saturated rings. The van der Waals surface area contributed by atoms with Crippen molar-refractivity contribution in [2.75, 3.05) is 10.5 Å². The van der Waals surface area contributed by atoms with E-state index in [2.05, 4.69) is 22.3 Å². The Balaban J connectivity index is 1.87. The molecule has 23 heavy (non-hydrogen) atoms. The van der Waals surface area contributed by atoms with Crippen LogP contribution in [-0.2, 0) is 10.0 Å². The van der Waals surface area contributed by atoms with Gasteiger partial charge in [-0.1, -0.05) is 18.2 Å². The van der Waals surface area contributed by atoms with Gasteiger partial charge in [0, 0.05) is 22.2 Å². The summed E-state index contributed by atoms with van der Waals surface area (Å²) >= 11 is 3.93. The number of hydrogen-bond acceptors (Lipinski definition) is 4. The van der Waals surface area contributed by atoms with E-state index < -0.39 is 10.0 Å². The van der Waals surface area contributed by atoms with Gasteiger partial charge in [0.05, 0.1) is 5.75 Å². The Labute approximate surface area is 139 Å². The number of aromatic nitrogens is 1. The van der Waals surface area contributed by atoms with Crippen molar-refractivity contribution >= 4 is 45.0 Å². The highest BCUT2D eigenvalue weighted by atomic mass is 32.2. The topological polar surface area (TPSA) is 79.0 Å². The molecule has 3 rings (SSSR count). The zero-order valence-corrected chi connectivity index (χ0v) is 13.7. The lowest BCUT2D eigenvalue weighted by Gasteiger charge is -2.07. The van der Waals surface area contributed by atoms with Crippen LogP contribution >= 0.6 is 12.6 Å². The van der Waals surface area contributed by atoms with Crippen LogP contribution in [0.15, 0.2) is 59.6 Å². The smallest absolute Gasteiger partial charge is 0.277 e. The molecule has 0 spiro atoms. The molecule has 2 aromatic carbocycles. The third kappa shape index (κ3) is 3.25. The number of sulfonamides is 1. The number of anilines is 1. The van der Waals surface area contributed by atoms with Gasteiger partial charge in [0.2, 0.25) is 0 Å². The predicted octanol–water partition coefficient (Wildman–Crippen LogP) is 3.08. The highest BCUT2D eigenvalue weighted by Gasteiger charge is 2.17. The van der Waals surface area contributed by atoms with Crippen molar-refractivity contribution in [2.24, 2.45) is 0 Å². The second-order valence-corrected chi connectivity index (χ2v) is 6.95. The van der Waals surface area contributed by atoms with Gasteiger partial charge >= 0.3 is 0 Å². The third-order valence-electron chi connectivity index (χ3n) is 3.40. The fourth-order valence-corrected chi connectivity index (χ4v) is 3.48. The van der Waals surface area contributed by atoms with Crippen LogP contribution in [0.5, 0.6) is 0 Å². The molecule has 5 nitrogen and oxygen atoms in total. The van der Waals surface area contributed by atoms with Crippen LogP contribution in [0.3, 0.4) is 0 Å². The van der Waals surface area contributed by atoms with Crippen LogP contribution in [-0.4, -0.2) is 24.9 Å². The molecule has 0 saturated carbocycles. The summed E-state index contributed by atoms with van der Waals surface area (Å²) in [4.78, 5) is 14.4. The lowest BCUT2D eigenvalue weighted by molar-refractivity contribution is 0.102. The van der Waals surface area contributed by atoms with Gasteiger partial charge < -0.3 is 4.98 Å². The molecule has 0 aliphatic rings. The number of carbonyl (C=O) groups is 1. The second kappa shape index (κ2) is 6.10. The number of carbonyl (C=O) groups excluding carboxylic acids is 1. The Morgan fingerprint density at radius 1 is 1.09 bits per heavy atom. The zero-order chi connectivity index (χ0) is 16.4. The van der Waals surface area contributed by atoms with E-state index in [1.54, 1.807) is 30.3 Å². The Kier molecular flexibility index (Phi) is 4.14. The van der Waals surface area contributed by atoms with Crippen molar-refractivity contribution in [1.29, 1.82) is 0 Å². The van der Waals surface area contributed by atoms with Crippen molar-refractivity contribution in [3.8, 4) is 0 Å². The summed E-state index contributed by atoms with van der Waals surface area (Å²) in [5.74, 6) is -0.00138. The first kappa shape index (κ1) is 15.6. The third-order valence-corrected chi connectivity index (χ3v) is 4.99. The summed E-state index contributed by atoms with van der Waals surface area (Å²) < 4.78 is 27.3. The molecule has 0 saturated heterocycles. The van der Waals surface area contributed by atoms with E-state index in [1.165, 1.54) is 0 Å². The van der Waals surface area contributed by atoms with E-state index in [0.717, 1.165) is 10.9 Å². The molecule has 118 valence electrons. The minimum atomic E-state index is -3.72. The normalized spacial score (nSPS) is 11.5. The minimum absolute atomic E-state index is 0.0919. The molecule has 0 radical (unpaired) electrons. The number of ketones is 1. The minimum Gasteiger partial charge on any atom is -0.344 e. The number of thiol groups is 1. The highest BCUT2D eigenvalue weighted by Crippen LogP contribution is 2.21. The number of Topliss-reactive ketones (excluding diaryl/α,β-unsaturated/α-hetero) is 1. The highest BCUT2D eigenvalue weighted by molar-refractivity contribution is 7.92. The molecule has 2 N–H and O–H groups in total. The summed E-state index contributed by atoms with van der Waals surface area (Å²) in [5.41, 5.74) is 1.63. The van der Waals surface area contributed by atoms with Crippen molar-refractivity contribution in [3.63, 3.8) is 0 Å². The second-order valence-electron chi connectivity index (χ2n) is 4.98. The first-order valence-corrected chi connectivity index (χ1v) is 8.96. The van der Waals surface area contributed by atoms with Gasteiger partial charge in [-0.2, -0.15) is 21.0 Å². The number of hydrogen-bond donors (Lipinski definition) is 3. The molecule has 0 amide bonds. The molecule has 0 aliphatic carbocycles. The largest absolute Gasteiger partial charge is 0.344 e. The van der Waals surface area contributed by atoms with Crippen molar-refractivity contribution in [1.82, 2.24) is 4.98 Å². The molecule has 0 atom stereocenters. The van der Waals surface area contributed by atoms with Crippen LogP contribution < -0.4 is 4.72 Å². The number of benzene rings is 2. The molecule has 1 heterocycles. The summed E-state index contributed by atoms with van der Waals surface area (Å²) in [7, 11) is -3.72. The Morgan fingerprint density at radius 2 is 1.78 bits per heavy atom. The Hall–Kier alpha value is -2.25. The SMILES string of the molecule is O=C(CS)c1ccc(NS(=O)(=O)c2cc3ccccc3[nH]2)cc1. The molecule has 0 unspecified atom stereocenters. The lowest BCUT2D eigenvalue weighted by atomic mass is 10.1. The van der Waals surface area contributed by atoms with E-state index in [9.17, 15) is 13.2 Å². The van der Waals surface area contributed by atoms with Crippen LogP contribution in [0.2, 0.25) is 0 Å². The van der Waals surface area contributed by atoms with E-state index >= 15 is 0 Å². The van der Waals surface area contributed by atoms with Gasteiger partial charge in [0.25, 0.3) is 10.0 Å². The maximum Gasteiger partial charge on any atom is 0.277 e. The van der Waals surface area contributed by atoms with Gasteiger partial charge in [-0.15, -0.1) is 0 Å². The summed E-state index contributed by atoms with van der Waals surface area (Å²) in [6.07, 6.45) is 0. The average molecular weight is 346 g/mol. The number of H-pyrrole nitrogens is 1. The number of nitrogens with one attached hydrogen (secondary N) is 2. The fourth-order valence-electron chi connectivity index (χ4n) is 2.22. The van der Waals surface area contributed by atoms with Crippen LogP contribution in [0.1, 0.15) is 10.4 Å². The zero-order valence-electron chi connectivity index (χ0n) is 12.0. The van der Waals surface area contributed by atoms with Crippen LogP contribution in [0, 0.1) is 0 Å². The van der Waals surface area contributed by atoms with E-state index in [1.807, 2.05) is 24.3 Å². The van der Waals surface area contributed by atoms with Crippen molar-refractivity contribution < 1.29 is 13.2 Å². The average Bonchev–Trinajstić information content (AvgIpc) is 2.99. The van der Waals surface area contributed by atoms with E-state index in [0.29, 0.717) is 11.3 Å². The van der Waals surface area contributed by atoms with Gasteiger partial charge in [-0.25, -0.2) is 0 Å². The van der Waals surface area contributed by atoms with Gasteiger partial charge in [0.15, 0.2) is 10.8 Å². The summed E-state index contributed by atoms with van der Waals surface area (Å²) in [5, 5.41) is 0.914. The number of para-hydroxylation sites is 1. The lowest BCUT2D eigenvalue weighted by Crippen LogP contribution is -2.13. The molecule has 0 aliphatic heterocycles. The number of fused-ring (bicyclic) bond motifs is 1. The van der Waals surface area contributed by atoms with Crippen LogP contribution in [0.25, 0.3) is 10.9 Å². The Bertz CT molecular complexity index is 927.